The molecule has 0 fully saturated rings. The second-order valence-electron chi connectivity index (χ2n) is 6.00. The summed E-state index contributed by atoms with van der Waals surface area (Å²) in [7, 11) is 0. The van der Waals surface area contributed by atoms with E-state index >= 15 is 0 Å². The Labute approximate surface area is 172 Å². The highest BCUT2D eigenvalue weighted by Gasteiger charge is 2.12. The second kappa shape index (κ2) is 8.66. The molecule has 2 aromatic heterocycles. The van der Waals surface area contributed by atoms with Crippen molar-refractivity contribution in [2.24, 2.45) is 0 Å². The van der Waals surface area contributed by atoms with E-state index in [0.29, 0.717) is 18.7 Å². The maximum atomic E-state index is 13.2. The minimum atomic E-state index is -1.02. The van der Waals surface area contributed by atoms with Gasteiger partial charge in [-0.3, -0.25) is 4.79 Å². The normalized spacial score (nSPS) is 11.1. The lowest BCUT2D eigenvalue weighted by molar-refractivity contribution is -0.113. The molecule has 4 aromatic rings. The van der Waals surface area contributed by atoms with E-state index in [1.807, 2.05) is 24.3 Å². The number of nitrogens with zero attached hydrogens (tertiary/aromatic N) is 3. The van der Waals surface area contributed by atoms with Crippen LogP contribution in [0.4, 0.5) is 14.5 Å². The lowest BCUT2D eigenvalue weighted by Gasteiger charge is -2.04. The number of halogens is 2. The highest BCUT2D eigenvalue weighted by Crippen LogP contribution is 2.23. The van der Waals surface area contributed by atoms with Gasteiger partial charge in [0.05, 0.1) is 21.0 Å². The first kappa shape index (κ1) is 19.5. The first-order valence-electron chi connectivity index (χ1n) is 8.61. The van der Waals surface area contributed by atoms with E-state index in [9.17, 15) is 13.6 Å². The van der Waals surface area contributed by atoms with Crippen molar-refractivity contribution >= 4 is 44.9 Å². The molecule has 6 nitrogen and oxygen atoms in total. The van der Waals surface area contributed by atoms with Crippen molar-refractivity contribution in [1.29, 1.82) is 0 Å². The molecule has 0 spiro atoms. The number of hydrogen-bond donors (Lipinski definition) is 1. The predicted octanol–water partition coefficient (Wildman–Crippen LogP) is 4.47. The van der Waals surface area contributed by atoms with Gasteiger partial charge in [0.25, 0.3) is 5.22 Å². The average Bonchev–Trinajstić information content (AvgIpc) is 3.34. The van der Waals surface area contributed by atoms with Gasteiger partial charge in [-0.05, 0) is 24.3 Å². The largest absolute Gasteiger partial charge is 0.416 e. The number of hydrogen-bond acceptors (Lipinski definition) is 7. The number of carbonyl (C=O) groups is 1. The summed E-state index contributed by atoms with van der Waals surface area (Å²) in [5, 5.41) is 11.6. The Morgan fingerprint density at radius 1 is 1.10 bits per heavy atom. The molecule has 0 aliphatic carbocycles. The summed E-state index contributed by atoms with van der Waals surface area (Å²) in [6, 6.07) is 11.1. The van der Waals surface area contributed by atoms with Crippen molar-refractivity contribution in [3.63, 3.8) is 0 Å². The van der Waals surface area contributed by atoms with Gasteiger partial charge in [-0.25, -0.2) is 13.8 Å². The number of benzene rings is 2. The van der Waals surface area contributed by atoms with Gasteiger partial charge in [0.1, 0.15) is 0 Å². The molecule has 10 heteroatoms. The minimum Gasteiger partial charge on any atom is -0.416 e. The number of amides is 1. The van der Waals surface area contributed by atoms with Crippen molar-refractivity contribution in [2.45, 2.75) is 18.1 Å². The fourth-order valence-corrected chi connectivity index (χ4v) is 4.08. The number of fused-ring (bicyclic) bond motifs is 1. The molecular formula is C19H14F2N4O2S2. The molecule has 4 rings (SSSR count). The van der Waals surface area contributed by atoms with E-state index in [1.54, 1.807) is 11.3 Å². The lowest BCUT2D eigenvalue weighted by Crippen LogP contribution is -2.14. The van der Waals surface area contributed by atoms with Gasteiger partial charge in [-0.15, -0.1) is 21.5 Å². The van der Waals surface area contributed by atoms with Crippen LogP contribution in [0.3, 0.4) is 0 Å². The summed E-state index contributed by atoms with van der Waals surface area (Å²) in [6.07, 6.45) is 1.23. The van der Waals surface area contributed by atoms with Gasteiger partial charge < -0.3 is 9.73 Å². The molecule has 0 aliphatic rings. The van der Waals surface area contributed by atoms with Crippen LogP contribution in [-0.2, 0) is 17.6 Å². The fraction of sp³-hybridized carbons (Fsp3) is 0.158. The summed E-state index contributed by atoms with van der Waals surface area (Å²) in [6.45, 7) is 0. The molecule has 0 atom stereocenters. The van der Waals surface area contributed by atoms with Gasteiger partial charge in [-0.1, -0.05) is 23.9 Å². The smallest absolute Gasteiger partial charge is 0.277 e. The van der Waals surface area contributed by atoms with E-state index in [2.05, 4.69) is 20.5 Å². The van der Waals surface area contributed by atoms with Gasteiger partial charge in [-0.2, -0.15) is 0 Å². The van der Waals surface area contributed by atoms with Gasteiger partial charge in [0.15, 0.2) is 11.6 Å². The zero-order chi connectivity index (χ0) is 20.2. The molecule has 0 saturated carbocycles. The number of aromatic nitrogens is 3. The summed E-state index contributed by atoms with van der Waals surface area (Å²) >= 11 is 2.70. The van der Waals surface area contributed by atoms with Crippen molar-refractivity contribution in [3.05, 3.63) is 65.0 Å². The zero-order valence-electron chi connectivity index (χ0n) is 14.9. The maximum absolute atomic E-state index is 13.2. The Hall–Kier alpha value is -2.85. The zero-order valence-corrected chi connectivity index (χ0v) is 16.5. The number of carbonyl (C=O) groups excluding carboxylic acids is 1. The molecule has 1 amide bonds. The number of para-hydroxylation sites is 1. The molecule has 148 valence electrons. The summed E-state index contributed by atoms with van der Waals surface area (Å²) < 4.78 is 32.8. The van der Waals surface area contributed by atoms with E-state index in [1.165, 1.54) is 6.07 Å². The van der Waals surface area contributed by atoms with Crippen LogP contribution in [0.1, 0.15) is 10.9 Å². The van der Waals surface area contributed by atoms with Crippen LogP contribution in [0, 0.1) is 11.6 Å². The Kier molecular flexibility index (Phi) is 5.81. The van der Waals surface area contributed by atoms with Crippen LogP contribution in [0.15, 0.2) is 52.1 Å². The van der Waals surface area contributed by atoms with Crippen LogP contribution < -0.4 is 5.32 Å². The first-order valence-corrected chi connectivity index (χ1v) is 10.4. The van der Waals surface area contributed by atoms with Gasteiger partial charge >= 0.3 is 0 Å². The van der Waals surface area contributed by atoms with Crippen LogP contribution >= 0.6 is 23.1 Å². The molecule has 1 N–H and O–H groups in total. The van der Waals surface area contributed by atoms with Crippen LogP contribution in [0.25, 0.3) is 10.2 Å². The topological polar surface area (TPSA) is 80.9 Å². The third kappa shape index (κ3) is 4.96. The minimum absolute atomic E-state index is 0.00149. The molecule has 0 radical (unpaired) electrons. The average molecular weight is 432 g/mol. The summed E-state index contributed by atoms with van der Waals surface area (Å²) in [5.74, 6) is -1.92. The molecule has 2 heterocycles. The molecular weight excluding hydrogens is 418 g/mol. The Balaban J connectivity index is 1.27. The molecule has 0 saturated heterocycles. The summed E-state index contributed by atoms with van der Waals surface area (Å²) in [4.78, 5) is 16.5. The SMILES string of the molecule is O=C(CSc1nnc(CCc2nc3ccccc3s2)o1)Nc1ccc(F)c(F)c1. The van der Waals surface area contributed by atoms with Crippen LogP contribution in [0.2, 0.25) is 0 Å². The van der Waals surface area contributed by atoms with Crippen LogP contribution in [-0.4, -0.2) is 26.8 Å². The number of rotatable bonds is 7. The highest BCUT2D eigenvalue weighted by atomic mass is 32.2. The van der Waals surface area contributed by atoms with Gasteiger partial charge in [0, 0.05) is 24.6 Å². The third-order valence-electron chi connectivity index (χ3n) is 3.87. The van der Waals surface area contributed by atoms with E-state index in [-0.39, 0.29) is 16.7 Å². The maximum Gasteiger partial charge on any atom is 0.277 e. The van der Waals surface area contributed by atoms with Crippen LogP contribution in [0.5, 0.6) is 0 Å². The van der Waals surface area contributed by atoms with E-state index in [0.717, 1.165) is 39.1 Å². The van der Waals surface area contributed by atoms with E-state index in [4.69, 9.17) is 4.42 Å². The molecule has 0 bridgehead atoms. The van der Waals surface area contributed by atoms with Crippen molar-refractivity contribution in [1.82, 2.24) is 15.2 Å². The number of aryl methyl sites for hydroxylation is 2. The summed E-state index contributed by atoms with van der Waals surface area (Å²) in [5.41, 5.74) is 1.15. The highest BCUT2D eigenvalue weighted by molar-refractivity contribution is 7.99. The first-order chi connectivity index (χ1) is 14.1. The number of nitrogens with one attached hydrogen (secondary N) is 1. The van der Waals surface area contributed by atoms with Crippen molar-refractivity contribution in [2.75, 3.05) is 11.1 Å². The molecule has 29 heavy (non-hydrogen) atoms. The Morgan fingerprint density at radius 3 is 2.79 bits per heavy atom. The molecule has 0 unspecified atom stereocenters. The molecule has 2 aromatic carbocycles. The Bertz CT molecular complexity index is 1130. The lowest BCUT2D eigenvalue weighted by atomic mass is 10.3. The van der Waals surface area contributed by atoms with E-state index < -0.39 is 17.5 Å². The molecule has 0 aliphatic heterocycles. The van der Waals surface area contributed by atoms with Gasteiger partial charge in [0.2, 0.25) is 11.8 Å². The van der Waals surface area contributed by atoms with Crippen molar-refractivity contribution in [3.8, 4) is 0 Å². The fourth-order valence-electron chi connectivity index (χ4n) is 2.54. The number of anilines is 1. The standard InChI is InChI=1S/C19H14F2N4O2S2/c20-12-6-5-11(9-13(12)21)22-16(26)10-28-19-25-24-17(27-19)7-8-18-23-14-3-1-2-4-15(14)29-18/h1-6,9H,7-8,10H2,(H,22,26). The number of thiazole rings is 1. The quantitative estimate of drug-likeness (QED) is 0.434. The third-order valence-corrected chi connectivity index (χ3v) is 5.78. The van der Waals surface area contributed by atoms with Crippen molar-refractivity contribution < 1.29 is 18.0 Å². The monoisotopic (exact) mass is 432 g/mol. The Morgan fingerprint density at radius 2 is 1.97 bits per heavy atom. The second-order valence-corrected chi connectivity index (χ2v) is 8.04. The number of thioether (sulfide) groups is 1. The predicted molar refractivity (Wildman–Crippen MR) is 107 cm³/mol.